The second kappa shape index (κ2) is 9.07. The molecule has 3 heterocycles. The molecule has 0 saturated carbocycles. The number of carbonyl (C=O) groups excluding carboxylic acids is 1. The van der Waals surface area contributed by atoms with Crippen LogP contribution in [0.25, 0.3) is 0 Å². The Morgan fingerprint density at radius 3 is 3.19 bits per heavy atom. The Balaban J connectivity index is 1.59. The average molecular weight is 376 g/mol. The molecule has 0 aliphatic carbocycles. The highest BCUT2D eigenvalue weighted by Crippen LogP contribution is 2.21. The summed E-state index contributed by atoms with van der Waals surface area (Å²) in [5.74, 6) is 0.532. The minimum absolute atomic E-state index is 0.0954. The van der Waals surface area contributed by atoms with Gasteiger partial charge in [0.2, 0.25) is 11.8 Å². The maximum atomic E-state index is 11.1. The topological polar surface area (TPSA) is 76.6 Å². The van der Waals surface area contributed by atoms with Crippen LogP contribution in [-0.4, -0.2) is 53.7 Å². The predicted octanol–water partition coefficient (Wildman–Crippen LogP) is 2.34. The van der Waals surface area contributed by atoms with E-state index in [1.165, 1.54) is 18.3 Å². The number of anilines is 1. The molecule has 1 aliphatic heterocycles. The molecule has 0 unspecified atom stereocenters. The van der Waals surface area contributed by atoms with Gasteiger partial charge in [0.1, 0.15) is 0 Å². The van der Waals surface area contributed by atoms with Crippen LogP contribution >= 0.6 is 11.3 Å². The number of hydrogen-bond donors (Lipinski definition) is 1. The molecule has 140 valence electrons. The number of thiazole rings is 1. The van der Waals surface area contributed by atoms with Crippen molar-refractivity contribution in [2.75, 3.05) is 32.1 Å². The van der Waals surface area contributed by atoms with Crippen molar-refractivity contribution in [2.24, 2.45) is 0 Å². The van der Waals surface area contributed by atoms with E-state index in [9.17, 15) is 4.79 Å². The van der Waals surface area contributed by atoms with E-state index in [1.807, 2.05) is 18.3 Å². The van der Waals surface area contributed by atoms with Gasteiger partial charge >= 0.3 is 0 Å². The van der Waals surface area contributed by atoms with E-state index in [0.29, 0.717) is 11.0 Å². The second-order valence-corrected chi connectivity index (χ2v) is 7.42. The van der Waals surface area contributed by atoms with Gasteiger partial charge in [0.25, 0.3) is 0 Å². The second-order valence-electron chi connectivity index (χ2n) is 6.30. The van der Waals surface area contributed by atoms with Crippen LogP contribution in [0, 0.1) is 0 Å². The van der Waals surface area contributed by atoms with Crippen molar-refractivity contribution in [1.29, 1.82) is 0 Å². The predicted molar refractivity (Wildman–Crippen MR) is 101 cm³/mol. The molecule has 1 saturated heterocycles. The Bertz CT molecular complexity index is 737. The zero-order valence-electron chi connectivity index (χ0n) is 15.1. The van der Waals surface area contributed by atoms with Crippen LogP contribution in [0.1, 0.15) is 23.8 Å². The van der Waals surface area contributed by atoms with Gasteiger partial charge in [0.15, 0.2) is 5.13 Å². The zero-order valence-corrected chi connectivity index (χ0v) is 15.9. The van der Waals surface area contributed by atoms with Crippen LogP contribution in [0.3, 0.4) is 0 Å². The van der Waals surface area contributed by atoms with Crippen molar-refractivity contribution in [2.45, 2.75) is 32.4 Å². The van der Waals surface area contributed by atoms with Crippen LogP contribution in [-0.2, 0) is 22.5 Å². The van der Waals surface area contributed by atoms with Crippen molar-refractivity contribution in [1.82, 2.24) is 14.9 Å². The number of ether oxygens (including phenoxy) is 2. The molecule has 7 nitrogen and oxygen atoms in total. The van der Waals surface area contributed by atoms with E-state index in [4.69, 9.17) is 9.47 Å². The fraction of sp³-hybridized carbons (Fsp3) is 0.500. The van der Waals surface area contributed by atoms with Gasteiger partial charge in [0.05, 0.1) is 13.2 Å². The van der Waals surface area contributed by atoms with Crippen molar-refractivity contribution >= 4 is 22.4 Å². The van der Waals surface area contributed by atoms with Gasteiger partial charge in [-0.1, -0.05) is 0 Å². The number of carbonyl (C=O) groups is 1. The van der Waals surface area contributed by atoms with E-state index in [-0.39, 0.29) is 12.0 Å². The van der Waals surface area contributed by atoms with Crippen molar-refractivity contribution in [3.05, 3.63) is 35.0 Å². The molecule has 2 aromatic rings. The first-order valence-electron chi connectivity index (χ1n) is 8.67. The lowest BCUT2D eigenvalue weighted by Crippen LogP contribution is -2.32. The standard InChI is InChI=1S/C18H24N4O3S/c1-13(23)21-18-20-10-16(26-18)12-22-6-3-7-25-15(11-22)8-14-4-5-19-17(9-14)24-2/h4-5,9-10,15H,3,6-8,11-12H2,1-2H3,(H,20,21,23)/t15-/m0/s1. The monoisotopic (exact) mass is 376 g/mol. The Labute approximate surface area is 157 Å². The molecular formula is C18H24N4O3S. The van der Waals surface area contributed by atoms with E-state index in [0.717, 1.165) is 49.5 Å². The summed E-state index contributed by atoms with van der Waals surface area (Å²) in [6, 6.07) is 3.96. The van der Waals surface area contributed by atoms with Gasteiger partial charge in [-0.05, 0) is 18.1 Å². The zero-order chi connectivity index (χ0) is 18.4. The third-order valence-corrected chi connectivity index (χ3v) is 5.02. The first kappa shape index (κ1) is 18.8. The van der Waals surface area contributed by atoms with Crippen LogP contribution in [0.15, 0.2) is 24.5 Å². The molecule has 1 aliphatic rings. The Kier molecular flexibility index (Phi) is 6.54. The molecular weight excluding hydrogens is 352 g/mol. The third kappa shape index (κ3) is 5.48. The molecule has 0 aromatic carbocycles. The quantitative estimate of drug-likeness (QED) is 0.834. The highest BCUT2D eigenvalue weighted by molar-refractivity contribution is 7.15. The molecule has 0 spiro atoms. The number of nitrogens with zero attached hydrogens (tertiary/aromatic N) is 3. The molecule has 1 fully saturated rings. The summed E-state index contributed by atoms with van der Waals surface area (Å²) in [7, 11) is 1.63. The number of aromatic nitrogens is 2. The highest BCUT2D eigenvalue weighted by Gasteiger charge is 2.20. The molecule has 2 aromatic heterocycles. The molecule has 3 rings (SSSR count). The SMILES string of the molecule is COc1cc(C[C@H]2CN(Cc3cnc(NC(C)=O)s3)CCCO2)ccn1. The molecule has 1 amide bonds. The largest absolute Gasteiger partial charge is 0.481 e. The number of rotatable bonds is 6. The van der Waals surface area contributed by atoms with Crippen LogP contribution in [0.4, 0.5) is 5.13 Å². The fourth-order valence-electron chi connectivity index (χ4n) is 3.00. The maximum Gasteiger partial charge on any atom is 0.223 e. The molecule has 1 atom stereocenters. The van der Waals surface area contributed by atoms with Crippen LogP contribution in [0.2, 0.25) is 0 Å². The van der Waals surface area contributed by atoms with Crippen molar-refractivity contribution in [3.63, 3.8) is 0 Å². The average Bonchev–Trinajstić information content (AvgIpc) is 2.92. The van der Waals surface area contributed by atoms with Gasteiger partial charge in [-0.25, -0.2) is 9.97 Å². The van der Waals surface area contributed by atoms with Gasteiger partial charge in [0, 0.05) is 62.9 Å². The lowest BCUT2D eigenvalue weighted by molar-refractivity contribution is -0.114. The Morgan fingerprint density at radius 2 is 2.38 bits per heavy atom. The fourth-order valence-corrected chi connectivity index (χ4v) is 3.90. The van der Waals surface area contributed by atoms with Crippen LogP contribution in [0.5, 0.6) is 5.88 Å². The molecule has 0 radical (unpaired) electrons. The summed E-state index contributed by atoms with van der Waals surface area (Å²) in [5.41, 5.74) is 1.16. The summed E-state index contributed by atoms with van der Waals surface area (Å²) >= 11 is 1.52. The van der Waals surface area contributed by atoms with E-state index >= 15 is 0 Å². The summed E-state index contributed by atoms with van der Waals surface area (Å²) in [5, 5.41) is 3.39. The number of pyridine rings is 1. The third-order valence-electron chi connectivity index (χ3n) is 4.12. The number of nitrogens with one attached hydrogen (secondary N) is 1. The summed E-state index contributed by atoms with van der Waals surface area (Å²) in [6.07, 6.45) is 5.57. The molecule has 0 bridgehead atoms. The maximum absolute atomic E-state index is 11.1. The number of methoxy groups -OCH3 is 1. The first-order valence-corrected chi connectivity index (χ1v) is 9.49. The smallest absolute Gasteiger partial charge is 0.223 e. The van der Waals surface area contributed by atoms with E-state index in [1.54, 1.807) is 13.3 Å². The number of hydrogen-bond acceptors (Lipinski definition) is 7. The van der Waals surface area contributed by atoms with Crippen molar-refractivity contribution in [3.8, 4) is 5.88 Å². The minimum atomic E-state index is -0.0954. The lowest BCUT2D eigenvalue weighted by Gasteiger charge is -2.23. The normalized spacial score (nSPS) is 18.3. The van der Waals surface area contributed by atoms with Gasteiger partial charge in [-0.3, -0.25) is 9.69 Å². The van der Waals surface area contributed by atoms with Gasteiger partial charge < -0.3 is 14.8 Å². The Hall–Kier alpha value is -2.03. The van der Waals surface area contributed by atoms with E-state index < -0.39 is 0 Å². The summed E-state index contributed by atoms with van der Waals surface area (Å²) in [6.45, 7) is 4.92. The summed E-state index contributed by atoms with van der Waals surface area (Å²) < 4.78 is 11.2. The molecule has 1 N–H and O–H groups in total. The van der Waals surface area contributed by atoms with Gasteiger partial charge in [-0.2, -0.15) is 0 Å². The number of amides is 1. The Morgan fingerprint density at radius 1 is 1.50 bits per heavy atom. The van der Waals surface area contributed by atoms with Gasteiger partial charge in [-0.15, -0.1) is 11.3 Å². The highest BCUT2D eigenvalue weighted by atomic mass is 32.1. The molecule has 8 heteroatoms. The first-order chi connectivity index (χ1) is 12.6. The van der Waals surface area contributed by atoms with Crippen LogP contribution < -0.4 is 10.1 Å². The van der Waals surface area contributed by atoms with Crippen molar-refractivity contribution < 1.29 is 14.3 Å². The molecule has 26 heavy (non-hydrogen) atoms. The van der Waals surface area contributed by atoms with E-state index in [2.05, 4.69) is 20.2 Å². The summed E-state index contributed by atoms with van der Waals surface area (Å²) in [4.78, 5) is 23.1. The minimum Gasteiger partial charge on any atom is -0.481 e. The lowest BCUT2D eigenvalue weighted by atomic mass is 10.1.